The second kappa shape index (κ2) is 3.25. The van der Waals surface area contributed by atoms with Crippen LogP contribution in [-0.2, 0) is 0 Å². The Morgan fingerprint density at radius 1 is 1.33 bits per heavy atom. The molecule has 0 aliphatic rings. The predicted molar refractivity (Wildman–Crippen MR) is 60.0 cm³/mol. The Kier molecular flexibility index (Phi) is 2.42. The molecule has 12 heavy (non-hydrogen) atoms. The minimum absolute atomic E-state index is 0.727. The van der Waals surface area contributed by atoms with Crippen LogP contribution < -0.4 is 0 Å². The molecule has 0 saturated carbocycles. The van der Waals surface area contributed by atoms with Crippen molar-refractivity contribution in [2.24, 2.45) is 0 Å². The van der Waals surface area contributed by atoms with Crippen molar-refractivity contribution in [3.63, 3.8) is 0 Å². The Morgan fingerprint density at radius 3 is 2.83 bits per heavy atom. The predicted octanol–water partition coefficient (Wildman–Crippen LogP) is 4.47. The van der Waals surface area contributed by atoms with Crippen molar-refractivity contribution >= 4 is 65.0 Å². The molecule has 0 atom stereocenters. The van der Waals surface area contributed by atoms with Gasteiger partial charge in [0.1, 0.15) is 0 Å². The topological polar surface area (TPSA) is 12.9 Å². The number of hydrogen-bond acceptors (Lipinski definition) is 2. The van der Waals surface area contributed by atoms with E-state index in [0.29, 0.717) is 0 Å². The minimum atomic E-state index is 0.727. The Hall–Kier alpha value is 0.360. The summed E-state index contributed by atoms with van der Waals surface area (Å²) in [5.41, 5.74) is 0.955. The lowest BCUT2D eigenvalue weighted by atomic mass is 10.3. The molecule has 1 aromatic heterocycles. The molecule has 0 saturated heterocycles. The van der Waals surface area contributed by atoms with E-state index in [4.69, 9.17) is 11.6 Å². The molecule has 0 spiro atoms. The minimum Gasteiger partial charge on any atom is -0.228 e. The summed E-state index contributed by atoms with van der Waals surface area (Å²) in [6.07, 6.45) is 0. The maximum absolute atomic E-state index is 5.87. The van der Waals surface area contributed by atoms with E-state index in [1.807, 2.05) is 12.1 Å². The molecule has 0 bridgehead atoms. The van der Waals surface area contributed by atoms with Gasteiger partial charge in [-0.05, 0) is 44.0 Å². The molecule has 0 radical (unpaired) electrons. The molecule has 1 aromatic carbocycles. The molecule has 0 unspecified atom stereocenters. The molecule has 0 N–H and O–H groups in total. The van der Waals surface area contributed by atoms with Crippen LogP contribution in [0.15, 0.2) is 20.5 Å². The summed E-state index contributed by atoms with van der Waals surface area (Å²) in [4.78, 5) is 4.28. The van der Waals surface area contributed by atoms with Gasteiger partial charge < -0.3 is 0 Å². The maximum atomic E-state index is 5.87. The fraction of sp³-hybridized carbons (Fsp3) is 0. The van der Waals surface area contributed by atoms with Crippen molar-refractivity contribution in [3.8, 4) is 0 Å². The van der Waals surface area contributed by atoms with Crippen LogP contribution in [0, 0.1) is 0 Å². The maximum Gasteiger partial charge on any atom is 0.160 e. The first-order chi connectivity index (χ1) is 5.66. The van der Waals surface area contributed by atoms with Crippen LogP contribution >= 0.6 is 54.8 Å². The lowest BCUT2D eigenvalue weighted by Gasteiger charge is -1.92. The van der Waals surface area contributed by atoms with E-state index in [1.54, 1.807) is 11.3 Å². The third kappa shape index (κ3) is 1.53. The normalized spacial score (nSPS) is 10.9. The van der Waals surface area contributed by atoms with E-state index in [1.165, 1.54) is 0 Å². The zero-order valence-electron chi connectivity index (χ0n) is 5.64. The monoisotopic (exact) mass is 325 g/mol. The molecule has 0 fully saturated rings. The van der Waals surface area contributed by atoms with Gasteiger partial charge in [-0.15, -0.1) is 11.3 Å². The zero-order valence-corrected chi connectivity index (χ0v) is 10.4. The quantitative estimate of drug-likeness (QED) is 0.695. The van der Waals surface area contributed by atoms with Gasteiger partial charge >= 0.3 is 0 Å². The van der Waals surface area contributed by atoms with Crippen molar-refractivity contribution in [2.45, 2.75) is 0 Å². The van der Waals surface area contributed by atoms with Crippen molar-refractivity contribution in [2.75, 3.05) is 0 Å². The zero-order chi connectivity index (χ0) is 8.72. The summed E-state index contributed by atoms with van der Waals surface area (Å²) >= 11 is 14.2. The van der Waals surface area contributed by atoms with Crippen LogP contribution in [0.1, 0.15) is 0 Å². The van der Waals surface area contributed by atoms with Crippen molar-refractivity contribution in [1.29, 1.82) is 0 Å². The van der Waals surface area contributed by atoms with E-state index in [0.717, 1.165) is 23.6 Å². The highest BCUT2D eigenvalue weighted by Crippen LogP contribution is 2.33. The molecule has 2 aromatic rings. The van der Waals surface area contributed by atoms with Crippen LogP contribution in [0.25, 0.3) is 10.2 Å². The first-order valence-electron chi connectivity index (χ1n) is 3.08. The summed E-state index contributed by atoms with van der Waals surface area (Å²) in [7, 11) is 0. The second-order valence-electron chi connectivity index (χ2n) is 2.20. The van der Waals surface area contributed by atoms with E-state index >= 15 is 0 Å². The Bertz CT molecular complexity index is 440. The molecule has 5 heteroatoms. The third-order valence-electron chi connectivity index (χ3n) is 1.39. The van der Waals surface area contributed by atoms with Crippen LogP contribution in [0.4, 0.5) is 0 Å². The van der Waals surface area contributed by atoms with Gasteiger partial charge in [-0.3, -0.25) is 0 Å². The highest BCUT2D eigenvalue weighted by molar-refractivity contribution is 9.11. The fourth-order valence-electron chi connectivity index (χ4n) is 0.930. The molecule has 1 nitrogen and oxygen atoms in total. The first kappa shape index (κ1) is 8.94. The van der Waals surface area contributed by atoms with E-state index in [2.05, 4.69) is 36.8 Å². The van der Waals surface area contributed by atoms with Gasteiger partial charge in [0.2, 0.25) is 0 Å². The molecule has 62 valence electrons. The number of rotatable bonds is 0. The number of thiazole rings is 1. The van der Waals surface area contributed by atoms with Gasteiger partial charge in [-0.25, -0.2) is 4.98 Å². The largest absolute Gasteiger partial charge is 0.228 e. The van der Waals surface area contributed by atoms with E-state index in [-0.39, 0.29) is 0 Å². The molecule has 2 rings (SSSR count). The molecule has 0 aliphatic carbocycles. The van der Waals surface area contributed by atoms with Crippen LogP contribution in [0.5, 0.6) is 0 Å². The lowest BCUT2D eigenvalue weighted by Crippen LogP contribution is -1.70. The Labute approximate surface area is 95.0 Å². The standard InChI is InChI=1S/C7H2Br2ClNS/c8-4-1-3(10)2-5-6(4)11-7(9)12-5/h1-2H. The third-order valence-corrected chi connectivity index (χ3v) is 3.66. The molecular formula is C7H2Br2ClNS. The van der Waals surface area contributed by atoms with Crippen molar-refractivity contribution in [1.82, 2.24) is 4.98 Å². The SMILES string of the molecule is Clc1cc(Br)c2nc(Br)sc2c1. The molecular weight excluding hydrogens is 325 g/mol. The Balaban J connectivity index is 2.88. The summed E-state index contributed by atoms with van der Waals surface area (Å²) in [5, 5.41) is 0.727. The van der Waals surface area contributed by atoms with Gasteiger partial charge in [0.05, 0.1) is 10.2 Å². The number of nitrogens with zero attached hydrogens (tertiary/aromatic N) is 1. The number of halogens is 3. The summed E-state index contributed by atoms with van der Waals surface area (Å²) < 4.78 is 2.90. The van der Waals surface area contributed by atoms with Gasteiger partial charge in [-0.1, -0.05) is 11.6 Å². The lowest BCUT2D eigenvalue weighted by molar-refractivity contribution is 1.44. The average Bonchev–Trinajstić information content (AvgIpc) is 2.29. The van der Waals surface area contributed by atoms with Gasteiger partial charge in [0.15, 0.2) is 3.92 Å². The molecule has 1 heterocycles. The summed E-state index contributed by atoms with van der Waals surface area (Å²) in [6.45, 7) is 0. The summed E-state index contributed by atoms with van der Waals surface area (Å²) in [6, 6.07) is 3.75. The van der Waals surface area contributed by atoms with Gasteiger partial charge in [-0.2, -0.15) is 0 Å². The van der Waals surface area contributed by atoms with Gasteiger partial charge in [0, 0.05) is 9.50 Å². The average molecular weight is 327 g/mol. The highest BCUT2D eigenvalue weighted by atomic mass is 79.9. The van der Waals surface area contributed by atoms with Crippen molar-refractivity contribution < 1.29 is 0 Å². The summed E-state index contributed by atoms with van der Waals surface area (Å²) in [5.74, 6) is 0. The molecule has 0 amide bonds. The fourth-order valence-corrected chi connectivity index (χ4v) is 3.48. The van der Waals surface area contributed by atoms with Crippen LogP contribution in [-0.4, -0.2) is 4.98 Å². The highest BCUT2D eigenvalue weighted by Gasteiger charge is 2.05. The number of hydrogen-bond donors (Lipinski definition) is 0. The van der Waals surface area contributed by atoms with Crippen molar-refractivity contribution in [3.05, 3.63) is 25.5 Å². The smallest absolute Gasteiger partial charge is 0.160 e. The van der Waals surface area contributed by atoms with Crippen LogP contribution in [0.3, 0.4) is 0 Å². The second-order valence-corrected chi connectivity index (χ2v) is 5.80. The number of aromatic nitrogens is 1. The number of fused-ring (bicyclic) bond motifs is 1. The Morgan fingerprint density at radius 2 is 2.08 bits per heavy atom. The van der Waals surface area contributed by atoms with E-state index in [9.17, 15) is 0 Å². The van der Waals surface area contributed by atoms with Gasteiger partial charge in [0.25, 0.3) is 0 Å². The molecule has 0 aliphatic heterocycles. The van der Waals surface area contributed by atoms with E-state index < -0.39 is 0 Å². The first-order valence-corrected chi connectivity index (χ1v) is 5.86. The van der Waals surface area contributed by atoms with Crippen LogP contribution in [0.2, 0.25) is 5.02 Å². The number of benzene rings is 1.